The van der Waals surface area contributed by atoms with Crippen LogP contribution in [-0.2, 0) is 12.8 Å². The van der Waals surface area contributed by atoms with Crippen molar-refractivity contribution >= 4 is 8.07 Å². The molecule has 0 radical (unpaired) electrons. The van der Waals surface area contributed by atoms with Gasteiger partial charge in [-0.15, -0.1) is 0 Å². The predicted molar refractivity (Wildman–Crippen MR) is 135 cm³/mol. The van der Waals surface area contributed by atoms with Gasteiger partial charge in [-0.25, -0.2) is 0 Å². The van der Waals surface area contributed by atoms with Gasteiger partial charge in [0, 0.05) is 11.3 Å². The van der Waals surface area contributed by atoms with Crippen LogP contribution in [0.1, 0.15) is 106 Å². The smallest absolute Gasteiger partial charge is 0.0178 e. The number of rotatable bonds is 12. The van der Waals surface area contributed by atoms with Crippen molar-refractivity contribution in [2.45, 2.75) is 96.3 Å². The van der Waals surface area contributed by atoms with E-state index in [4.69, 9.17) is 0 Å². The predicted octanol–water partition coefficient (Wildman–Crippen LogP) is 8.73. The van der Waals surface area contributed by atoms with E-state index in [0.717, 1.165) is 0 Å². The quantitative estimate of drug-likeness (QED) is 0.266. The summed E-state index contributed by atoms with van der Waals surface area (Å²) < 4.78 is 0. The number of unbranched alkanes of at least 4 members (excludes halogenated alkanes) is 3. The zero-order chi connectivity index (χ0) is 21.2. The molecule has 0 amide bonds. The normalized spacial score (nSPS) is 19.4. The van der Waals surface area contributed by atoms with Crippen molar-refractivity contribution in [1.82, 2.24) is 5.09 Å². The Morgan fingerprint density at radius 1 is 0.667 bits per heavy atom. The van der Waals surface area contributed by atoms with Crippen molar-refractivity contribution in [2.75, 3.05) is 6.54 Å². The molecule has 0 saturated carbocycles. The Balaban J connectivity index is 1.74. The van der Waals surface area contributed by atoms with Crippen LogP contribution in [0.15, 0.2) is 48.5 Å². The van der Waals surface area contributed by atoms with Crippen LogP contribution in [0.25, 0.3) is 0 Å². The van der Waals surface area contributed by atoms with Crippen molar-refractivity contribution in [3.8, 4) is 0 Å². The van der Waals surface area contributed by atoms with Crippen LogP contribution >= 0.6 is 8.07 Å². The maximum absolute atomic E-state index is 4.04. The SMILES string of the molecule is CCCCNP1[C@H](c2ccc(CCCC)cc2)CC[C@H]1c1ccc(CCCC)cc1. The third-order valence-corrected chi connectivity index (χ3v) is 9.62. The number of hydrogen-bond donors (Lipinski definition) is 1. The van der Waals surface area contributed by atoms with Gasteiger partial charge in [0.25, 0.3) is 0 Å². The summed E-state index contributed by atoms with van der Waals surface area (Å²) >= 11 is 0. The molecule has 1 aliphatic rings. The van der Waals surface area contributed by atoms with Crippen LogP contribution < -0.4 is 5.09 Å². The number of nitrogens with one attached hydrogen (secondary N) is 1. The first-order valence-corrected chi connectivity index (χ1v) is 13.9. The fraction of sp³-hybridized carbons (Fsp3) is 0.571. The molecule has 0 aliphatic carbocycles. The second-order valence-corrected chi connectivity index (χ2v) is 11.3. The van der Waals surface area contributed by atoms with Crippen LogP contribution in [0.2, 0.25) is 0 Å². The summed E-state index contributed by atoms with van der Waals surface area (Å²) in [4.78, 5) is 0. The van der Waals surface area contributed by atoms with Gasteiger partial charge in [-0.05, 0) is 81.8 Å². The minimum absolute atomic E-state index is 0.227. The highest BCUT2D eigenvalue weighted by molar-refractivity contribution is 7.56. The molecule has 0 aromatic heterocycles. The van der Waals surface area contributed by atoms with Crippen LogP contribution in [0, 0.1) is 0 Å². The lowest BCUT2D eigenvalue weighted by Crippen LogP contribution is -2.13. The molecule has 0 unspecified atom stereocenters. The molecule has 164 valence electrons. The summed E-state index contributed by atoms with van der Waals surface area (Å²) in [5, 5.41) is 4.04. The molecule has 2 heteroatoms. The lowest BCUT2D eigenvalue weighted by molar-refractivity contribution is 0.762. The molecule has 1 heterocycles. The third-order valence-electron chi connectivity index (χ3n) is 6.58. The topological polar surface area (TPSA) is 12.0 Å². The summed E-state index contributed by atoms with van der Waals surface area (Å²) in [6.45, 7) is 8.01. The van der Waals surface area contributed by atoms with E-state index in [0.29, 0.717) is 11.3 Å². The van der Waals surface area contributed by atoms with Gasteiger partial charge in [0.2, 0.25) is 0 Å². The number of hydrogen-bond acceptors (Lipinski definition) is 1. The van der Waals surface area contributed by atoms with Crippen LogP contribution in [0.5, 0.6) is 0 Å². The van der Waals surface area contributed by atoms with Gasteiger partial charge < -0.3 is 0 Å². The summed E-state index contributed by atoms with van der Waals surface area (Å²) in [6.07, 6.45) is 12.8. The molecule has 2 atom stereocenters. The van der Waals surface area contributed by atoms with Crippen molar-refractivity contribution < 1.29 is 0 Å². The van der Waals surface area contributed by atoms with Crippen molar-refractivity contribution in [2.24, 2.45) is 0 Å². The average molecular weight is 424 g/mol. The first kappa shape index (κ1) is 23.5. The molecule has 1 fully saturated rings. The molecule has 0 spiro atoms. The fourth-order valence-corrected chi connectivity index (χ4v) is 7.78. The Bertz CT molecular complexity index is 662. The minimum atomic E-state index is -0.227. The summed E-state index contributed by atoms with van der Waals surface area (Å²) in [7, 11) is -0.227. The monoisotopic (exact) mass is 423 g/mol. The van der Waals surface area contributed by atoms with Crippen LogP contribution in [0.4, 0.5) is 0 Å². The summed E-state index contributed by atoms with van der Waals surface area (Å²) in [6, 6.07) is 19.3. The second-order valence-electron chi connectivity index (χ2n) is 8.97. The number of benzene rings is 2. The third kappa shape index (κ3) is 6.41. The molecule has 0 bridgehead atoms. The largest absolute Gasteiger partial charge is 0.295 e. The highest BCUT2D eigenvalue weighted by Crippen LogP contribution is 2.67. The number of aryl methyl sites for hydroxylation is 2. The van der Waals surface area contributed by atoms with Gasteiger partial charge >= 0.3 is 0 Å². The van der Waals surface area contributed by atoms with E-state index in [2.05, 4.69) is 74.4 Å². The van der Waals surface area contributed by atoms with E-state index in [1.54, 1.807) is 11.1 Å². The highest BCUT2D eigenvalue weighted by Gasteiger charge is 2.37. The Hall–Kier alpha value is -1.17. The van der Waals surface area contributed by atoms with E-state index in [9.17, 15) is 0 Å². The Labute approximate surface area is 186 Å². The molecule has 2 aromatic carbocycles. The lowest BCUT2D eigenvalue weighted by atomic mass is 10.0. The van der Waals surface area contributed by atoms with Gasteiger partial charge in [-0.3, -0.25) is 5.09 Å². The summed E-state index contributed by atoms with van der Waals surface area (Å²) in [5.74, 6) is 0. The first-order chi connectivity index (χ1) is 14.8. The van der Waals surface area contributed by atoms with Crippen LogP contribution in [0.3, 0.4) is 0 Å². The molecule has 1 nitrogen and oxygen atoms in total. The van der Waals surface area contributed by atoms with E-state index >= 15 is 0 Å². The van der Waals surface area contributed by atoms with Crippen molar-refractivity contribution in [3.63, 3.8) is 0 Å². The zero-order valence-electron chi connectivity index (χ0n) is 19.5. The van der Waals surface area contributed by atoms with E-state index in [1.165, 1.54) is 81.9 Å². The molecule has 1 saturated heterocycles. The zero-order valence-corrected chi connectivity index (χ0v) is 20.4. The molecule has 1 N–H and O–H groups in total. The molecule has 1 aliphatic heterocycles. The maximum Gasteiger partial charge on any atom is 0.0178 e. The first-order valence-electron chi connectivity index (χ1n) is 12.5. The fourth-order valence-electron chi connectivity index (χ4n) is 4.65. The highest BCUT2D eigenvalue weighted by atomic mass is 31.1. The molecule has 2 aromatic rings. The van der Waals surface area contributed by atoms with Gasteiger partial charge in [-0.1, -0.05) is 88.6 Å². The Morgan fingerprint density at radius 2 is 1.10 bits per heavy atom. The molecular formula is C28H42NP. The molecular weight excluding hydrogens is 381 g/mol. The van der Waals surface area contributed by atoms with Gasteiger partial charge in [0.15, 0.2) is 0 Å². The Morgan fingerprint density at radius 3 is 1.50 bits per heavy atom. The Kier molecular flexibility index (Phi) is 9.89. The van der Waals surface area contributed by atoms with E-state index in [-0.39, 0.29) is 8.07 Å². The second kappa shape index (κ2) is 12.6. The average Bonchev–Trinajstić information content (AvgIpc) is 3.21. The minimum Gasteiger partial charge on any atom is -0.295 e. The van der Waals surface area contributed by atoms with Crippen molar-refractivity contribution in [3.05, 3.63) is 70.8 Å². The maximum atomic E-state index is 4.04. The van der Waals surface area contributed by atoms with Gasteiger partial charge in [0.1, 0.15) is 0 Å². The van der Waals surface area contributed by atoms with Crippen molar-refractivity contribution in [1.29, 1.82) is 0 Å². The molecule has 30 heavy (non-hydrogen) atoms. The summed E-state index contributed by atoms with van der Waals surface area (Å²) in [5.41, 5.74) is 7.52. The van der Waals surface area contributed by atoms with E-state index < -0.39 is 0 Å². The molecule has 3 rings (SSSR count). The van der Waals surface area contributed by atoms with E-state index in [1.807, 2.05) is 0 Å². The lowest BCUT2D eigenvalue weighted by Gasteiger charge is -2.28. The van der Waals surface area contributed by atoms with Crippen LogP contribution in [-0.4, -0.2) is 6.54 Å². The standard InChI is InChI=1S/C28H42NP/c1-4-7-10-23-12-16-25(17-13-23)27-20-21-28(30(27)29-22-9-6-3)26-18-14-24(15-19-26)11-8-5-2/h12-19,27-29H,4-11,20-22H2,1-3H3/t27-,28-/m0/s1. The van der Waals surface area contributed by atoms with Gasteiger partial charge in [0.05, 0.1) is 0 Å². The van der Waals surface area contributed by atoms with Gasteiger partial charge in [-0.2, -0.15) is 0 Å².